The van der Waals surface area contributed by atoms with Crippen molar-refractivity contribution in [1.82, 2.24) is 14.7 Å². The molecule has 128 valence electrons. The minimum Gasteiger partial charge on any atom is -0.393 e. The minimum absolute atomic E-state index is 0.0962. The molecule has 2 fully saturated rings. The van der Waals surface area contributed by atoms with E-state index in [1.807, 2.05) is 16.9 Å². The lowest BCUT2D eigenvalue weighted by Gasteiger charge is -2.42. The molecular weight excluding hydrogens is 298 g/mol. The summed E-state index contributed by atoms with van der Waals surface area (Å²) in [5.74, 6) is 0. The van der Waals surface area contributed by atoms with Gasteiger partial charge >= 0.3 is 0 Å². The molecule has 1 aliphatic heterocycles. The third kappa shape index (κ3) is 3.26. The summed E-state index contributed by atoms with van der Waals surface area (Å²) < 4.78 is 2.02. The lowest BCUT2D eigenvalue weighted by atomic mass is 9.76. The average Bonchev–Trinajstić information content (AvgIpc) is 3.16. The highest BCUT2D eigenvalue weighted by Gasteiger charge is 2.44. The molecule has 2 atom stereocenters. The molecule has 2 aromatic rings. The Morgan fingerprint density at radius 3 is 2.71 bits per heavy atom. The standard InChI is InChI=1S/C20H27N3O/c24-19-8-4-9-20(19)10-5-11-22(16-20)13-18-12-21-23(15-18)14-17-6-2-1-3-7-17/h1-3,6-7,12,15,19,24H,4-5,8-11,13-14,16H2/t19-,20-/m1/s1. The van der Waals surface area contributed by atoms with Gasteiger partial charge in [0.2, 0.25) is 0 Å². The molecule has 1 spiro atoms. The Morgan fingerprint density at radius 1 is 1.08 bits per heavy atom. The third-order valence-electron chi connectivity index (χ3n) is 5.83. The lowest BCUT2D eigenvalue weighted by Crippen LogP contribution is -2.46. The van der Waals surface area contributed by atoms with Crippen molar-refractivity contribution in [3.8, 4) is 0 Å². The van der Waals surface area contributed by atoms with Crippen molar-refractivity contribution >= 4 is 0 Å². The second-order valence-corrected chi connectivity index (χ2v) is 7.62. The van der Waals surface area contributed by atoms with E-state index in [0.29, 0.717) is 0 Å². The van der Waals surface area contributed by atoms with E-state index in [9.17, 15) is 5.11 Å². The summed E-state index contributed by atoms with van der Waals surface area (Å²) in [6.45, 7) is 3.95. The van der Waals surface area contributed by atoms with E-state index in [1.54, 1.807) is 0 Å². The summed E-state index contributed by atoms with van der Waals surface area (Å²) in [5, 5.41) is 14.9. The van der Waals surface area contributed by atoms with Gasteiger partial charge in [-0.1, -0.05) is 36.8 Å². The molecule has 1 N–H and O–H groups in total. The number of aliphatic hydroxyl groups excluding tert-OH is 1. The zero-order valence-electron chi connectivity index (χ0n) is 14.3. The summed E-state index contributed by atoms with van der Waals surface area (Å²) in [4.78, 5) is 2.52. The van der Waals surface area contributed by atoms with Gasteiger partial charge in [0.15, 0.2) is 0 Å². The highest BCUT2D eigenvalue weighted by molar-refractivity contribution is 5.15. The van der Waals surface area contributed by atoms with Gasteiger partial charge in [-0.2, -0.15) is 5.10 Å². The highest BCUT2D eigenvalue weighted by Crippen LogP contribution is 2.45. The van der Waals surface area contributed by atoms with Crippen molar-refractivity contribution < 1.29 is 5.11 Å². The first-order valence-electron chi connectivity index (χ1n) is 9.19. The van der Waals surface area contributed by atoms with Crippen LogP contribution in [0.25, 0.3) is 0 Å². The Balaban J connectivity index is 1.39. The van der Waals surface area contributed by atoms with E-state index in [0.717, 1.165) is 32.6 Å². The summed E-state index contributed by atoms with van der Waals surface area (Å²) in [6, 6.07) is 10.5. The van der Waals surface area contributed by atoms with E-state index < -0.39 is 0 Å². The maximum atomic E-state index is 10.4. The molecule has 1 aliphatic carbocycles. The van der Waals surface area contributed by atoms with Crippen molar-refractivity contribution in [2.75, 3.05) is 13.1 Å². The second kappa shape index (κ2) is 6.69. The highest BCUT2D eigenvalue weighted by atomic mass is 16.3. The topological polar surface area (TPSA) is 41.3 Å². The van der Waals surface area contributed by atoms with Crippen LogP contribution >= 0.6 is 0 Å². The summed E-state index contributed by atoms with van der Waals surface area (Å²) in [7, 11) is 0. The SMILES string of the molecule is O[C@@H]1CCC[C@]12CCCN(Cc1cnn(Cc3ccccc3)c1)C2. The van der Waals surface area contributed by atoms with Crippen LogP contribution in [-0.2, 0) is 13.1 Å². The van der Waals surface area contributed by atoms with Crippen LogP contribution in [0.5, 0.6) is 0 Å². The van der Waals surface area contributed by atoms with Crippen LogP contribution in [-0.4, -0.2) is 39.0 Å². The largest absolute Gasteiger partial charge is 0.393 e. The third-order valence-corrected chi connectivity index (χ3v) is 5.83. The maximum Gasteiger partial charge on any atom is 0.0659 e. The molecule has 1 saturated heterocycles. The van der Waals surface area contributed by atoms with Crippen molar-refractivity contribution in [2.24, 2.45) is 5.41 Å². The van der Waals surface area contributed by atoms with Gasteiger partial charge in [-0.25, -0.2) is 0 Å². The molecule has 0 bridgehead atoms. The molecule has 2 aliphatic rings. The summed E-state index contributed by atoms with van der Waals surface area (Å²) in [6.07, 6.45) is 9.83. The Hall–Kier alpha value is -1.65. The van der Waals surface area contributed by atoms with E-state index in [-0.39, 0.29) is 11.5 Å². The van der Waals surface area contributed by atoms with Crippen LogP contribution in [0.4, 0.5) is 0 Å². The number of hydrogen-bond donors (Lipinski definition) is 1. The van der Waals surface area contributed by atoms with Gasteiger partial charge in [-0.05, 0) is 37.8 Å². The number of aromatic nitrogens is 2. The van der Waals surface area contributed by atoms with Crippen molar-refractivity contribution in [3.05, 3.63) is 53.9 Å². The fraction of sp³-hybridized carbons (Fsp3) is 0.550. The van der Waals surface area contributed by atoms with Crippen LogP contribution in [0.1, 0.15) is 43.2 Å². The zero-order chi connectivity index (χ0) is 16.4. The number of aliphatic hydroxyl groups is 1. The quantitative estimate of drug-likeness (QED) is 0.939. The summed E-state index contributed by atoms with van der Waals surface area (Å²) >= 11 is 0. The Kier molecular flexibility index (Phi) is 4.42. The lowest BCUT2D eigenvalue weighted by molar-refractivity contribution is -0.0120. The molecule has 4 rings (SSSR count). The number of rotatable bonds is 4. The Bertz CT molecular complexity index is 669. The monoisotopic (exact) mass is 325 g/mol. The number of benzene rings is 1. The van der Waals surface area contributed by atoms with Gasteiger partial charge in [0.1, 0.15) is 0 Å². The van der Waals surface area contributed by atoms with Gasteiger partial charge in [0.25, 0.3) is 0 Å². The molecule has 2 heterocycles. The molecule has 1 aromatic carbocycles. The molecule has 24 heavy (non-hydrogen) atoms. The zero-order valence-corrected chi connectivity index (χ0v) is 14.3. The number of nitrogens with zero attached hydrogens (tertiary/aromatic N) is 3. The molecule has 0 amide bonds. The molecule has 0 radical (unpaired) electrons. The Morgan fingerprint density at radius 2 is 1.92 bits per heavy atom. The second-order valence-electron chi connectivity index (χ2n) is 7.62. The van der Waals surface area contributed by atoms with Crippen molar-refractivity contribution in [2.45, 2.75) is 51.3 Å². The van der Waals surface area contributed by atoms with E-state index in [2.05, 4.69) is 40.5 Å². The van der Waals surface area contributed by atoms with Crippen LogP contribution < -0.4 is 0 Å². The minimum atomic E-state index is -0.0962. The molecule has 1 saturated carbocycles. The predicted molar refractivity (Wildman–Crippen MR) is 94.6 cm³/mol. The molecule has 0 unspecified atom stereocenters. The van der Waals surface area contributed by atoms with Crippen molar-refractivity contribution in [1.29, 1.82) is 0 Å². The van der Waals surface area contributed by atoms with Crippen LogP contribution in [0.2, 0.25) is 0 Å². The molecule has 4 heteroatoms. The fourth-order valence-electron chi connectivity index (χ4n) is 4.59. The molecule has 1 aromatic heterocycles. The number of piperidine rings is 1. The first-order valence-corrected chi connectivity index (χ1v) is 9.19. The first-order chi connectivity index (χ1) is 11.7. The fourth-order valence-corrected chi connectivity index (χ4v) is 4.59. The smallest absolute Gasteiger partial charge is 0.0659 e. The van der Waals surface area contributed by atoms with Crippen LogP contribution in [0, 0.1) is 5.41 Å². The van der Waals surface area contributed by atoms with Crippen molar-refractivity contribution in [3.63, 3.8) is 0 Å². The van der Waals surface area contributed by atoms with Crippen LogP contribution in [0.15, 0.2) is 42.7 Å². The number of hydrogen-bond acceptors (Lipinski definition) is 3. The van der Waals surface area contributed by atoms with E-state index in [4.69, 9.17) is 0 Å². The Labute approximate surface area is 144 Å². The van der Waals surface area contributed by atoms with Crippen LogP contribution in [0.3, 0.4) is 0 Å². The van der Waals surface area contributed by atoms with E-state index in [1.165, 1.54) is 36.8 Å². The molecular formula is C20H27N3O. The predicted octanol–water partition coefficient (Wildman–Crippen LogP) is 3.06. The normalized spacial score (nSPS) is 27.8. The first kappa shape index (κ1) is 15.9. The van der Waals surface area contributed by atoms with Gasteiger partial charge in [-0.15, -0.1) is 0 Å². The maximum absolute atomic E-state index is 10.4. The number of likely N-dealkylation sites (tertiary alicyclic amines) is 1. The van der Waals surface area contributed by atoms with Gasteiger partial charge < -0.3 is 5.11 Å². The van der Waals surface area contributed by atoms with Gasteiger partial charge in [0, 0.05) is 30.3 Å². The van der Waals surface area contributed by atoms with E-state index >= 15 is 0 Å². The molecule has 4 nitrogen and oxygen atoms in total. The van der Waals surface area contributed by atoms with Gasteiger partial charge in [-0.3, -0.25) is 9.58 Å². The average molecular weight is 325 g/mol. The van der Waals surface area contributed by atoms with Gasteiger partial charge in [0.05, 0.1) is 18.8 Å². The summed E-state index contributed by atoms with van der Waals surface area (Å²) in [5.41, 5.74) is 2.71.